The van der Waals surface area contributed by atoms with Gasteiger partial charge in [-0.25, -0.2) is 17.5 Å². The molecule has 3 aromatic carbocycles. The maximum Gasteiger partial charge on any atom is 0.319 e. The van der Waals surface area contributed by atoms with E-state index in [-0.39, 0.29) is 47.1 Å². The minimum Gasteiger partial charge on any atom is -0.465 e. The number of carbonyl (C=O) groups excluding carboxylic acids is 2. The van der Waals surface area contributed by atoms with Crippen molar-refractivity contribution >= 4 is 21.9 Å². The van der Waals surface area contributed by atoms with E-state index in [0.717, 1.165) is 22.3 Å². The van der Waals surface area contributed by atoms with E-state index in [1.54, 1.807) is 43.3 Å². The van der Waals surface area contributed by atoms with Crippen molar-refractivity contribution in [3.05, 3.63) is 89.7 Å². The van der Waals surface area contributed by atoms with Gasteiger partial charge in [-0.15, -0.1) is 0 Å². The van der Waals surface area contributed by atoms with Crippen molar-refractivity contribution in [3.63, 3.8) is 0 Å². The first-order chi connectivity index (χ1) is 20.1. The first kappa shape index (κ1) is 31.3. The summed E-state index contributed by atoms with van der Waals surface area (Å²) in [4.78, 5) is 24.4. The van der Waals surface area contributed by atoms with E-state index in [1.807, 2.05) is 31.2 Å². The second kappa shape index (κ2) is 14.5. The normalized spacial score (nSPS) is 17.8. The maximum absolute atomic E-state index is 13.2. The van der Waals surface area contributed by atoms with Gasteiger partial charge in [-0.05, 0) is 86.1 Å². The molecule has 0 bridgehead atoms. The van der Waals surface area contributed by atoms with Crippen molar-refractivity contribution in [1.82, 2.24) is 15.4 Å². The second-order valence-corrected chi connectivity index (χ2v) is 12.3. The van der Waals surface area contributed by atoms with Gasteiger partial charge in [0, 0.05) is 18.5 Å². The van der Waals surface area contributed by atoms with E-state index in [0.29, 0.717) is 38.8 Å². The zero-order chi connectivity index (χ0) is 30.1. The molecular formula is C32H38FN3O5S. The monoisotopic (exact) mass is 595 g/mol. The maximum atomic E-state index is 13.2. The summed E-state index contributed by atoms with van der Waals surface area (Å²) >= 11 is 0. The predicted molar refractivity (Wildman–Crippen MR) is 159 cm³/mol. The van der Waals surface area contributed by atoms with E-state index in [9.17, 15) is 22.4 Å². The third kappa shape index (κ3) is 8.70. The second-order valence-electron chi connectivity index (χ2n) is 10.6. The quantitative estimate of drug-likeness (QED) is 0.258. The molecule has 0 radical (unpaired) electrons. The van der Waals surface area contributed by atoms with Crippen molar-refractivity contribution < 1.29 is 27.1 Å². The fourth-order valence-electron chi connectivity index (χ4n) is 5.09. The minimum atomic E-state index is -3.71. The van der Waals surface area contributed by atoms with Crippen LogP contribution in [0.15, 0.2) is 77.7 Å². The highest BCUT2D eigenvalue weighted by Gasteiger charge is 2.29. The largest absolute Gasteiger partial charge is 0.465 e. The molecule has 0 aromatic heterocycles. The van der Waals surface area contributed by atoms with Crippen LogP contribution in [-0.2, 0) is 30.9 Å². The van der Waals surface area contributed by atoms with E-state index in [1.165, 1.54) is 12.1 Å². The lowest BCUT2D eigenvalue weighted by molar-refractivity contribution is -0.142. The van der Waals surface area contributed by atoms with Crippen molar-refractivity contribution in [1.29, 1.82) is 0 Å². The Balaban J connectivity index is 1.25. The molecule has 1 fully saturated rings. The molecule has 0 unspecified atom stereocenters. The molecule has 3 aromatic rings. The van der Waals surface area contributed by atoms with Crippen LogP contribution in [0.1, 0.15) is 56.7 Å². The number of nitrogens with one attached hydrogen (secondary N) is 3. The lowest BCUT2D eigenvalue weighted by atomic mass is 9.85. The average molecular weight is 596 g/mol. The van der Waals surface area contributed by atoms with Gasteiger partial charge in [0.15, 0.2) is 0 Å². The Hall–Kier alpha value is -3.60. The van der Waals surface area contributed by atoms with Crippen LogP contribution < -0.4 is 15.4 Å². The minimum absolute atomic E-state index is 0.0651. The Labute approximate surface area is 247 Å². The summed E-state index contributed by atoms with van der Waals surface area (Å²) in [7, 11) is -3.71. The number of halogens is 1. The summed E-state index contributed by atoms with van der Waals surface area (Å²) < 4.78 is 47.0. The van der Waals surface area contributed by atoms with Gasteiger partial charge >= 0.3 is 5.97 Å². The van der Waals surface area contributed by atoms with Crippen molar-refractivity contribution in [3.8, 4) is 11.1 Å². The molecule has 10 heteroatoms. The van der Waals surface area contributed by atoms with Crippen molar-refractivity contribution in [2.75, 3.05) is 13.2 Å². The summed E-state index contributed by atoms with van der Waals surface area (Å²) in [6.07, 6.45) is 2.31. The zero-order valence-corrected chi connectivity index (χ0v) is 24.8. The first-order valence-corrected chi connectivity index (χ1v) is 15.8. The number of carbonyl (C=O) groups is 2. The molecular weight excluding hydrogens is 557 g/mol. The van der Waals surface area contributed by atoms with E-state index in [4.69, 9.17) is 4.74 Å². The smallest absolute Gasteiger partial charge is 0.319 e. The molecule has 1 aliphatic rings. The molecule has 1 amide bonds. The van der Waals surface area contributed by atoms with Crippen LogP contribution in [0.2, 0.25) is 0 Å². The summed E-state index contributed by atoms with van der Waals surface area (Å²) in [6, 6.07) is 20.2. The Morgan fingerprint density at radius 2 is 1.50 bits per heavy atom. The van der Waals surface area contributed by atoms with Crippen molar-refractivity contribution in [2.45, 2.75) is 63.1 Å². The standard InChI is InChI=1S/C32H38FN3O5S/c1-3-41-31(37)21-34-20-23-4-6-25(7-5-23)26-12-18-30(19-13-26)42(39,40)36-29-16-10-27(11-17-29)32(38)35-22(2)24-8-14-28(33)15-9-24/h4-9,12-15,18-19,22,27,29,34,36H,3,10-11,16-17,20-21H2,1-2H3,(H,35,38)/t22-,27-,29-/m1/s1. The number of hydrogen-bond acceptors (Lipinski definition) is 6. The van der Waals surface area contributed by atoms with Crippen LogP contribution in [0.25, 0.3) is 11.1 Å². The number of benzene rings is 3. The van der Waals surface area contributed by atoms with E-state index < -0.39 is 10.0 Å². The molecule has 0 saturated heterocycles. The van der Waals surface area contributed by atoms with Gasteiger partial charge in [0.25, 0.3) is 0 Å². The Morgan fingerprint density at radius 3 is 2.10 bits per heavy atom. The number of esters is 1. The highest BCUT2D eigenvalue weighted by Crippen LogP contribution is 2.27. The van der Waals surface area contributed by atoms with Crippen LogP contribution in [0.4, 0.5) is 4.39 Å². The van der Waals surface area contributed by atoms with Crippen LogP contribution in [0.5, 0.6) is 0 Å². The summed E-state index contributed by atoms with van der Waals surface area (Å²) in [5, 5.41) is 6.04. The molecule has 1 atom stereocenters. The van der Waals surface area contributed by atoms with Gasteiger partial charge in [0.2, 0.25) is 15.9 Å². The van der Waals surface area contributed by atoms with Crippen molar-refractivity contribution in [2.24, 2.45) is 5.92 Å². The summed E-state index contributed by atoms with van der Waals surface area (Å²) in [6.45, 7) is 4.66. The Kier molecular flexibility index (Phi) is 10.8. The van der Waals surface area contributed by atoms with Crippen LogP contribution in [-0.4, -0.2) is 39.5 Å². The third-order valence-corrected chi connectivity index (χ3v) is 9.04. The summed E-state index contributed by atoms with van der Waals surface area (Å²) in [5.41, 5.74) is 3.68. The molecule has 0 heterocycles. The molecule has 0 aliphatic heterocycles. The molecule has 224 valence electrons. The van der Waals surface area contributed by atoms with Crippen LogP contribution >= 0.6 is 0 Å². The average Bonchev–Trinajstić information content (AvgIpc) is 2.98. The Morgan fingerprint density at radius 1 is 0.905 bits per heavy atom. The van der Waals surface area contributed by atoms with Crippen LogP contribution in [0, 0.1) is 11.7 Å². The van der Waals surface area contributed by atoms with E-state index >= 15 is 0 Å². The fourth-order valence-corrected chi connectivity index (χ4v) is 6.39. The topological polar surface area (TPSA) is 114 Å². The number of hydrogen-bond donors (Lipinski definition) is 3. The lowest BCUT2D eigenvalue weighted by Gasteiger charge is -2.29. The van der Waals surface area contributed by atoms with Gasteiger partial charge in [0.05, 0.1) is 24.1 Å². The highest BCUT2D eigenvalue weighted by molar-refractivity contribution is 7.89. The fraction of sp³-hybridized carbons (Fsp3) is 0.375. The lowest BCUT2D eigenvalue weighted by Crippen LogP contribution is -2.41. The van der Waals surface area contributed by atoms with Gasteiger partial charge in [-0.3, -0.25) is 9.59 Å². The molecule has 42 heavy (non-hydrogen) atoms. The number of sulfonamides is 1. The number of rotatable bonds is 12. The van der Waals surface area contributed by atoms with Gasteiger partial charge in [-0.1, -0.05) is 48.5 Å². The molecule has 0 spiro atoms. The molecule has 4 rings (SSSR count). The first-order valence-electron chi connectivity index (χ1n) is 14.3. The number of amides is 1. The molecule has 1 aliphatic carbocycles. The Bertz CT molecular complexity index is 1440. The van der Waals surface area contributed by atoms with Gasteiger partial charge in [-0.2, -0.15) is 0 Å². The summed E-state index contributed by atoms with van der Waals surface area (Å²) in [5.74, 6) is -0.862. The van der Waals surface area contributed by atoms with Gasteiger partial charge < -0.3 is 15.4 Å². The zero-order valence-electron chi connectivity index (χ0n) is 23.9. The predicted octanol–water partition coefficient (Wildman–Crippen LogP) is 4.86. The molecule has 8 nitrogen and oxygen atoms in total. The highest BCUT2D eigenvalue weighted by atomic mass is 32.2. The molecule has 1 saturated carbocycles. The third-order valence-electron chi connectivity index (χ3n) is 7.50. The van der Waals surface area contributed by atoms with Crippen LogP contribution in [0.3, 0.4) is 0 Å². The van der Waals surface area contributed by atoms with Gasteiger partial charge in [0.1, 0.15) is 5.82 Å². The number of ether oxygens (including phenoxy) is 1. The van der Waals surface area contributed by atoms with E-state index in [2.05, 4.69) is 15.4 Å². The molecule has 3 N–H and O–H groups in total. The SMILES string of the molecule is CCOC(=O)CNCc1ccc(-c2ccc(S(=O)(=O)N[C@H]3CC[C@H](C(=O)N[C@H](C)c4ccc(F)cc4)CC3)cc2)cc1.